The molecule has 33 heavy (non-hydrogen) atoms. The molecule has 0 aliphatic carbocycles. The number of carbonyl (C=O) groups excluding carboxylic acids is 1. The summed E-state index contributed by atoms with van der Waals surface area (Å²) in [5.41, 5.74) is 2.06. The molecule has 0 radical (unpaired) electrons. The molecule has 170 valence electrons. The fraction of sp³-hybridized carbons (Fsp3) is 0.200. The molecule has 1 heterocycles. The summed E-state index contributed by atoms with van der Waals surface area (Å²) in [6.07, 6.45) is 1.07. The second-order valence-corrected chi connectivity index (χ2v) is 8.45. The molecule has 1 unspecified atom stereocenters. The average Bonchev–Trinajstić information content (AvgIpc) is 2.80. The quantitative estimate of drug-likeness (QED) is 0.447. The minimum atomic E-state index is -0.933. The number of halogens is 2. The van der Waals surface area contributed by atoms with Crippen LogP contribution >= 0.6 is 23.2 Å². The summed E-state index contributed by atoms with van der Waals surface area (Å²) in [5.74, 6) is -0.475. The number of carbonyl (C=O) groups is 2. The van der Waals surface area contributed by atoms with Crippen LogP contribution in [0.25, 0.3) is 0 Å². The van der Waals surface area contributed by atoms with E-state index < -0.39 is 11.9 Å². The maximum absolute atomic E-state index is 12.4. The zero-order chi connectivity index (χ0) is 23.4. The third-order valence-corrected chi connectivity index (χ3v) is 5.91. The second kappa shape index (κ2) is 10.1. The number of carboxylic acid groups (broad SMARTS) is 1. The lowest BCUT2D eigenvalue weighted by molar-refractivity contribution is -0.139. The van der Waals surface area contributed by atoms with Crippen LogP contribution in [0.15, 0.2) is 60.7 Å². The minimum absolute atomic E-state index is 0.180. The predicted molar refractivity (Wildman–Crippen MR) is 126 cm³/mol. The lowest BCUT2D eigenvalue weighted by atomic mass is 9.93. The summed E-state index contributed by atoms with van der Waals surface area (Å²) in [6, 6.07) is 17.4. The van der Waals surface area contributed by atoms with Crippen molar-refractivity contribution in [1.82, 2.24) is 5.32 Å². The van der Waals surface area contributed by atoms with Crippen molar-refractivity contribution in [3.63, 3.8) is 0 Å². The van der Waals surface area contributed by atoms with Crippen molar-refractivity contribution >= 4 is 35.1 Å². The smallest absolute Gasteiger partial charge is 0.311 e. The zero-order valence-corrected chi connectivity index (χ0v) is 19.0. The van der Waals surface area contributed by atoms with E-state index in [9.17, 15) is 14.7 Å². The maximum atomic E-state index is 12.4. The van der Waals surface area contributed by atoms with E-state index >= 15 is 0 Å². The van der Waals surface area contributed by atoms with Crippen LogP contribution in [-0.4, -0.2) is 30.1 Å². The van der Waals surface area contributed by atoms with Crippen LogP contribution in [0, 0.1) is 0 Å². The minimum Gasteiger partial charge on any atom is -0.493 e. The fourth-order valence-corrected chi connectivity index (χ4v) is 4.11. The zero-order valence-electron chi connectivity index (χ0n) is 17.5. The number of hydrogen-bond donors (Lipinski definition) is 2. The Morgan fingerprint density at radius 2 is 1.76 bits per heavy atom. The van der Waals surface area contributed by atoms with E-state index in [1.165, 1.54) is 0 Å². The molecule has 0 aromatic heterocycles. The Hall–Kier alpha value is -3.22. The van der Waals surface area contributed by atoms with Gasteiger partial charge in [-0.25, -0.2) is 0 Å². The first-order chi connectivity index (χ1) is 15.9. The number of fused-ring (bicyclic) bond motifs is 1. The molecule has 0 spiro atoms. The SMILES string of the molecule is O=C(NCCc1ccc(Cl)cc1)c1ccc(Oc2cc(Cl)c3c(c2)OCCC3C(=O)O)cc1. The topological polar surface area (TPSA) is 84.9 Å². The highest BCUT2D eigenvalue weighted by Gasteiger charge is 2.30. The third-order valence-electron chi connectivity index (χ3n) is 5.34. The summed E-state index contributed by atoms with van der Waals surface area (Å²) >= 11 is 12.2. The molecule has 0 fully saturated rings. The van der Waals surface area contributed by atoms with Crippen molar-refractivity contribution in [3.05, 3.63) is 87.4 Å². The molecular formula is C25H21Cl2NO5. The van der Waals surface area contributed by atoms with Gasteiger partial charge in [-0.15, -0.1) is 0 Å². The number of nitrogens with one attached hydrogen (secondary N) is 1. The molecule has 8 heteroatoms. The summed E-state index contributed by atoms with van der Waals surface area (Å²) < 4.78 is 11.5. The first kappa shape index (κ1) is 23.0. The van der Waals surface area contributed by atoms with Crippen LogP contribution in [-0.2, 0) is 11.2 Å². The maximum Gasteiger partial charge on any atom is 0.311 e. The van der Waals surface area contributed by atoms with Gasteiger partial charge in [0.05, 0.1) is 17.5 Å². The van der Waals surface area contributed by atoms with Gasteiger partial charge in [0.1, 0.15) is 17.2 Å². The van der Waals surface area contributed by atoms with Gasteiger partial charge in [0.2, 0.25) is 0 Å². The summed E-state index contributed by atoms with van der Waals surface area (Å²) in [7, 11) is 0. The lowest BCUT2D eigenvalue weighted by Crippen LogP contribution is -2.25. The molecule has 0 saturated heterocycles. The van der Waals surface area contributed by atoms with Gasteiger partial charge in [-0.2, -0.15) is 0 Å². The van der Waals surface area contributed by atoms with Crippen LogP contribution in [0.5, 0.6) is 17.2 Å². The largest absolute Gasteiger partial charge is 0.493 e. The Kier molecular flexibility index (Phi) is 7.06. The van der Waals surface area contributed by atoms with Crippen molar-refractivity contribution in [2.45, 2.75) is 18.8 Å². The fourth-order valence-electron chi connectivity index (χ4n) is 3.65. The Morgan fingerprint density at radius 3 is 2.45 bits per heavy atom. The van der Waals surface area contributed by atoms with Crippen LogP contribution in [0.4, 0.5) is 0 Å². The highest BCUT2D eigenvalue weighted by atomic mass is 35.5. The van der Waals surface area contributed by atoms with Crippen molar-refractivity contribution in [2.75, 3.05) is 13.2 Å². The molecule has 1 amide bonds. The first-order valence-electron chi connectivity index (χ1n) is 10.4. The van der Waals surface area contributed by atoms with E-state index in [2.05, 4.69) is 5.32 Å². The summed E-state index contributed by atoms with van der Waals surface area (Å²) in [4.78, 5) is 23.9. The van der Waals surface area contributed by atoms with Gasteiger partial charge < -0.3 is 19.9 Å². The van der Waals surface area contributed by atoms with Crippen molar-refractivity contribution in [1.29, 1.82) is 0 Å². The molecule has 4 rings (SSSR count). The molecule has 1 aliphatic rings. The number of amides is 1. The van der Waals surface area contributed by atoms with E-state index in [1.807, 2.05) is 24.3 Å². The van der Waals surface area contributed by atoms with Crippen LogP contribution in [0.1, 0.15) is 33.8 Å². The molecule has 2 N–H and O–H groups in total. The highest BCUT2D eigenvalue weighted by molar-refractivity contribution is 6.32. The monoisotopic (exact) mass is 485 g/mol. The van der Waals surface area contributed by atoms with Crippen molar-refractivity contribution < 1.29 is 24.2 Å². The Bertz CT molecular complexity index is 1160. The Balaban J connectivity index is 1.37. The van der Waals surface area contributed by atoms with Gasteiger partial charge in [-0.05, 0) is 60.9 Å². The van der Waals surface area contributed by atoms with Crippen LogP contribution < -0.4 is 14.8 Å². The predicted octanol–water partition coefficient (Wildman–Crippen LogP) is 5.71. The number of rotatable bonds is 7. The van der Waals surface area contributed by atoms with Crippen LogP contribution in [0.3, 0.4) is 0 Å². The van der Waals surface area contributed by atoms with Gasteiger partial charge in [-0.3, -0.25) is 9.59 Å². The third kappa shape index (κ3) is 5.59. The standard InChI is InChI=1S/C25H21Cl2NO5/c26-17-5-1-15(2-6-17)9-11-28-24(29)16-3-7-18(8-4-16)33-19-13-21(27)23-20(25(30)31)10-12-32-22(23)14-19/h1-8,13-14,20H,9-12H2,(H,28,29)(H,30,31). The summed E-state index contributed by atoms with van der Waals surface area (Å²) in [5, 5.41) is 13.3. The van der Waals surface area contributed by atoms with E-state index in [4.69, 9.17) is 32.7 Å². The lowest BCUT2D eigenvalue weighted by Gasteiger charge is -2.24. The molecule has 0 saturated carbocycles. The van der Waals surface area contributed by atoms with E-state index in [-0.39, 0.29) is 10.9 Å². The number of benzene rings is 3. The number of hydrogen-bond acceptors (Lipinski definition) is 4. The molecule has 0 bridgehead atoms. The molecule has 3 aromatic carbocycles. The molecule has 6 nitrogen and oxygen atoms in total. The molecule has 1 atom stereocenters. The highest BCUT2D eigenvalue weighted by Crippen LogP contribution is 2.42. The molecule has 1 aliphatic heterocycles. The van der Waals surface area contributed by atoms with Gasteiger partial charge in [0, 0.05) is 28.8 Å². The number of carboxylic acids is 1. The van der Waals surface area contributed by atoms with E-state index in [0.717, 1.165) is 5.56 Å². The number of ether oxygens (including phenoxy) is 2. The van der Waals surface area contributed by atoms with Gasteiger partial charge in [0.25, 0.3) is 5.91 Å². The van der Waals surface area contributed by atoms with Gasteiger partial charge in [-0.1, -0.05) is 35.3 Å². The molecule has 3 aromatic rings. The Labute approximate surface area is 201 Å². The number of aliphatic carboxylic acids is 1. The second-order valence-electron chi connectivity index (χ2n) is 7.60. The van der Waals surface area contributed by atoms with Crippen LogP contribution in [0.2, 0.25) is 10.0 Å². The molecular weight excluding hydrogens is 465 g/mol. The van der Waals surface area contributed by atoms with Crippen molar-refractivity contribution in [3.8, 4) is 17.2 Å². The van der Waals surface area contributed by atoms with Gasteiger partial charge >= 0.3 is 5.97 Å². The van der Waals surface area contributed by atoms with Gasteiger partial charge in [0.15, 0.2) is 0 Å². The average molecular weight is 486 g/mol. The Morgan fingerprint density at radius 1 is 1.03 bits per heavy atom. The van der Waals surface area contributed by atoms with E-state index in [0.29, 0.717) is 59.4 Å². The van der Waals surface area contributed by atoms with E-state index in [1.54, 1.807) is 36.4 Å². The summed E-state index contributed by atoms with van der Waals surface area (Å²) in [6.45, 7) is 0.801. The normalized spacial score (nSPS) is 14.7. The van der Waals surface area contributed by atoms with Crippen molar-refractivity contribution in [2.24, 2.45) is 0 Å². The first-order valence-corrected chi connectivity index (χ1v) is 11.2.